The SMILES string of the molecule is CCN(C(=O)c1cc2ccccc2o1)C1CCNCC1. The van der Waals surface area contributed by atoms with Crippen molar-refractivity contribution in [2.24, 2.45) is 0 Å². The maximum atomic E-state index is 12.7. The van der Waals surface area contributed by atoms with E-state index >= 15 is 0 Å². The van der Waals surface area contributed by atoms with Gasteiger partial charge in [-0.1, -0.05) is 18.2 Å². The van der Waals surface area contributed by atoms with Gasteiger partial charge in [-0.25, -0.2) is 0 Å². The molecule has 1 aliphatic rings. The molecule has 0 atom stereocenters. The number of amides is 1. The third kappa shape index (κ3) is 2.43. The molecular formula is C16H20N2O2. The van der Waals surface area contributed by atoms with E-state index in [1.54, 1.807) is 0 Å². The lowest BCUT2D eigenvalue weighted by atomic mass is 10.0. The first kappa shape index (κ1) is 13.2. The number of nitrogens with zero attached hydrogens (tertiary/aromatic N) is 1. The third-order valence-corrected chi connectivity index (χ3v) is 3.99. The zero-order valence-electron chi connectivity index (χ0n) is 11.8. The molecule has 0 bridgehead atoms. The van der Waals surface area contributed by atoms with Crippen molar-refractivity contribution in [1.29, 1.82) is 0 Å². The molecule has 1 aliphatic heterocycles. The highest BCUT2D eigenvalue weighted by atomic mass is 16.3. The minimum Gasteiger partial charge on any atom is -0.451 e. The monoisotopic (exact) mass is 272 g/mol. The minimum absolute atomic E-state index is 0.00981. The maximum absolute atomic E-state index is 12.7. The average Bonchev–Trinajstić information content (AvgIpc) is 2.93. The van der Waals surface area contributed by atoms with Gasteiger partial charge in [-0.2, -0.15) is 0 Å². The van der Waals surface area contributed by atoms with Gasteiger partial charge in [0, 0.05) is 18.0 Å². The Kier molecular flexibility index (Phi) is 3.74. The second kappa shape index (κ2) is 5.67. The summed E-state index contributed by atoms with van der Waals surface area (Å²) in [6.45, 7) is 4.71. The van der Waals surface area contributed by atoms with Crippen LogP contribution >= 0.6 is 0 Å². The van der Waals surface area contributed by atoms with E-state index in [-0.39, 0.29) is 5.91 Å². The Labute approximate surface area is 118 Å². The van der Waals surface area contributed by atoms with E-state index in [1.165, 1.54) is 0 Å². The van der Waals surface area contributed by atoms with E-state index in [9.17, 15) is 4.79 Å². The summed E-state index contributed by atoms with van der Waals surface area (Å²) in [4.78, 5) is 14.6. The lowest BCUT2D eigenvalue weighted by molar-refractivity contribution is 0.0626. The number of furan rings is 1. The van der Waals surface area contributed by atoms with Crippen LogP contribution in [0.1, 0.15) is 30.3 Å². The number of fused-ring (bicyclic) bond motifs is 1. The number of carbonyl (C=O) groups excluding carboxylic acids is 1. The second-order valence-electron chi connectivity index (χ2n) is 5.22. The van der Waals surface area contributed by atoms with Gasteiger partial charge >= 0.3 is 0 Å². The van der Waals surface area contributed by atoms with Gasteiger partial charge in [0.2, 0.25) is 0 Å². The Bertz CT molecular complexity index is 566. The fraction of sp³-hybridized carbons (Fsp3) is 0.438. The average molecular weight is 272 g/mol. The molecular weight excluding hydrogens is 252 g/mol. The summed E-state index contributed by atoms with van der Waals surface area (Å²) >= 11 is 0. The second-order valence-corrected chi connectivity index (χ2v) is 5.22. The van der Waals surface area contributed by atoms with E-state index in [1.807, 2.05) is 42.2 Å². The van der Waals surface area contributed by atoms with Gasteiger partial charge < -0.3 is 14.6 Å². The van der Waals surface area contributed by atoms with Crippen LogP contribution < -0.4 is 5.32 Å². The van der Waals surface area contributed by atoms with E-state index in [0.29, 0.717) is 11.8 Å². The number of piperidine rings is 1. The number of rotatable bonds is 3. The van der Waals surface area contributed by atoms with Crippen molar-refractivity contribution in [3.8, 4) is 0 Å². The first-order valence-electron chi connectivity index (χ1n) is 7.30. The van der Waals surface area contributed by atoms with Crippen LogP contribution in [-0.4, -0.2) is 36.5 Å². The molecule has 4 heteroatoms. The van der Waals surface area contributed by atoms with Crippen molar-refractivity contribution >= 4 is 16.9 Å². The zero-order valence-corrected chi connectivity index (χ0v) is 11.8. The van der Waals surface area contributed by atoms with Gasteiger partial charge in [0.1, 0.15) is 5.58 Å². The summed E-state index contributed by atoms with van der Waals surface area (Å²) in [5.41, 5.74) is 0.775. The van der Waals surface area contributed by atoms with Crippen LogP contribution in [0.2, 0.25) is 0 Å². The minimum atomic E-state index is 0.00981. The van der Waals surface area contributed by atoms with Crippen molar-refractivity contribution in [2.75, 3.05) is 19.6 Å². The Balaban J connectivity index is 1.85. The van der Waals surface area contributed by atoms with Crippen LogP contribution in [0.25, 0.3) is 11.0 Å². The van der Waals surface area contributed by atoms with Gasteiger partial charge in [-0.3, -0.25) is 4.79 Å². The highest BCUT2D eigenvalue weighted by Crippen LogP contribution is 2.22. The number of hydrogen-bond donors (Lipinski definition) is 1. The van der Waals surface area contributed by atoms with Crippen LogP contribution in [0.15, 0.2) is 34.7 Å². The normalized spacial score (nSPS) is 16.4. The highest BCUT2D eigenvalue weighted by Gasteiger charge is 2.26. The van der Waals surface area contributed by atoms with Gasteiger partial charge in [0.25, 0.3) is 5.91 Å². The summed E-state index contributed by atoms with van der Waals surface area (Å²) in [6, 6.07) is 9.91. The zero-order chi connectivity index (χ0) is 13.9. The van der Waals surface area contributed by atoms with E-state index in [2.05, 4.69) is 5.32 Å². The smallest absolute Gasteiger partial charge is 0.289 e. The summed E-state index contributed by atoms with van der Waals surface area (Å²) in [6.07, 6.45) is 2.03. The predicted octanol–water partition coefficient (Wildman–Crippen LogP) is 2.65. The molecule has 0 saturated carbocycles. The summed E-state index contributed by atoms with van der Waals surface area (Å²) in [5.74, 6) is 0.460. The fourth-order valence-corrected chi connectivity index (χ4v) is 2.91. The van der Waals surface area contributed by atoms with Crippen LogP contribution in [0.3, 0.4) is 0 Å². The summed E-state index contributed by atoms with van der Waals surface area (Å²) in [5, 5.41) is 4.32. The van der Waals surface area contributed by atoms with Crippen molar-refractivity contribution in [2.45, 2.75) is 25.8 Å². The number of benzene rings is 1. The quantitative estimate of drug-likeness (QED) is 0.934. The lowest BCUT2D eigenvalue weighted by Crippen LogP contribution is -2.45. The molecule has 0 radical (unpaired) electrons. The molecule has 1 amide bonds. The first-order valence-corrected chi connectivity index (χ1v) is 7.30. The number of para-hydroxylation sites is 1. The Morgan fingerprint density at radius 3 is 2.80 bits per heavy atom. The molecule has 1 fully saturated rings. The van der Waals surface area contributed by atoms with Crippen molar-refractivity contribution < 1.29 is 9.21 Å². The Hall–Kier alpha value is -1.81. The van der Waals surface area contributed by atoms with E-state index in [4.69, 9.17) is 4.42 Å². The first-order chi connectivity index (χ1) is 9.79. The highest BCUT2D eigenvalue weighted by molar-refractivity contribution is 5.96. The van der Waals surface area contributed by atoms with Gasteiger partial charge in [-0.15, -0.1) is 0 Å². The largest absolute Gasteiger partial charge is 0.451 e. The Morgan fingerprint density at radius 1 is 1.35 bits per heavy atom. The number of nitrogens with one attached hydrogen (secondary N) is 1. The molecule has 1 aromatic heterocycles. The van der Waals surface area contributed by atoms with Crippen LogP contribution in [0, 0.1) is 0 Å². The molecule has 0 spiro atoms. The molecule has 0 aliphatic carbocycles. The molecule has 106 valence electrons. The topological polar surface area (TPSA) is 45.5 Å². The molecule has 4 nitrogen and oxygen atoms in total. The molecule has 1 saturated heterocycles. The van der Waals surface area contributed by atoms with Crippen molar-refractivity contribution in [3.63, 3.8) is 0 Å². The molecule has 2 heterocycles. The molecule has 1 aromatic carbocycles. The standard InChI is InChI=1S/C16H20N2O2/c1-2-18(13-7-9-17-10-8-13)16(19)15-11-12-5-3-4-6-14(12)20-15/h3-6,11,13,17H,2,7-10H2,1H3. The number of carbonyl (C=O) groups is 1. The fourth-order valence-electron chi connectivity index (χ4n) is 2.91. The molecule has 20 heavy (non-hydrogen) atoms. The summed E-state index contributed by atoms with van der Waals surface area (Å²) in [7, 11) is 0. The lowest BCUT2D eigenvalue weighted by Gasteiger charge is -2.33. The van der Waals surface area contributed by atoms with Gasteiger partial charge in [0.15, 0.2) is 5.76 Å². The molecule has 3 rings (SSSR count). The van der Waals surface area contributed by atoms with E-state index in [0.717, 1.165) is 43.4 Å². The van der Waals surface area contributed by atoms with Crippen LogP contribution in [0.4, 0.5) is 0 Å². The van der Waals surface area contributed by atoms with E-state index < -0.39 is 0 Å². The maximum Gasteiger partial charge on any atom is 0.289 e. The van der Waals surface area contributed by atoms with Crippen molar-refractivity contribution in [1.82, 2.24) is 10.2 Å². The summed E-state index contributed by atoms with van der Waals surface area (Å²) < 4.78 is 5.70. The van der Waals surface area contributed by atoms with Crippen LogP contribution in [0.5, 0.6) is 0 Å². The molecule has 0 unspecified atom stereocenters. The predicted molar refractivity (Wildman–Crippen MR) is 78.8 cm³/mol. The Morgan fingerprint density at radius 2 is 2.10 bits per heavy atom. The van der Waals surface area contributed by atoms with Gasteiger partial charge in [-0.05, 0) is 45.0 Å². The number of hydrogen-bond acceptors (Lipinski definition) is 3. The van der Waals surface area contributed by atoms with Crippen molar-refractivity contribution in [3.05, 3.63) is 36.1 Å². The molecule has 2 aromatic rings. The van der Waals surface area contributed by atoms with Crippen LogP contribution in [-0.2, 0) is 0 Å². The molecule has 1 N–H and O–H groups in total. The van der Waals surface area contributed by atoms with Gasteiger partial charge in [0.05, 0.1) is 0 Å². The third-order valence-electron chi connectivity index (χ3n) is 3.99.